The SMILES string of the molecule is CC(C)(C)OC(=O)N[C@@H](Cc1ccc(Oc2ccc(/C=C3/C(=O)Nc4ccccc43)cc2)cc1)C(N)=O. The predicted molar refractivity (Wildman–Crippen MR) is 142 cm³/mol. The molecule has 8 heteroatoms. The molecule has 0 saturated heterocycles. The van der Waals surface area contributed by atoms with Crippen LogP contribution in [0.15, 0.2) is 72.8 Å². The van der Waals surface area contributed by atoms with Gasteiger partial charge in [-0.25, -0.2) is 4.79 Å². The third-order valence-electron chi connectivity index (χ3n) is 5.53. The number of nitrogens with one attached hydrogen (secondary N) is 2. The Morgan fingerprint density at radius 2 is 1.59 bits per heavy atom. The smallest absolute Gasteiger partial charge is 0.408 e. The molecule has 0 fully saturated rings. The van der Waals surface area contributed by atoms with Gasteiger partial charge in [0.25, 0.3) is 5.91 Å². The van der Waals surface area contributed by atoms with Crippen LogP contribution in [0.3, 0.4) is 0 Å². The Morgan fingerprint density at radius 1 is 0.973 bits per heavy atom. The summed E-state index contributed by atoms with van der Waals surface area (Å²) in [5.41, 5.74) is 8.76. The van der Waals surface area contributed by atoms with Crippen LogP contribution in [0.5, 0.6) is 11.5 Å². The summed E-state index contributed by atoms with van der Waals surface area (Å²) in [5, 5.41) is 5.39. The first-order valence-corrected chi connectivity index (χ1v) is 11.9. The van der Waals surface area contributed by atoms with Gasteiger partial charge in [0.05, 0.1) is 0 Å². The topological polar surface area (TPSA) is 120 Å². The predicted octanol–water partition coefficient (Wildman–Crippen LogP) is 4.89. The second-order valence-corrected chi connectivity index (χ2v) is 9.68. The number of hydrogen-bond acceptors (Lipinski definition) is 5. The third-order valence-corrected chi connectivity index (χ3v) is 5.53. The molecule has 8 nitrogen and oxygen atoms in total. The molecule has 0 unspecified atom stereocenters. The quantitative estimate of drug-likeness (QED) is 0.400. The number of benzene rings is 3. The standard InChI is InChI=1S/C29H29N3O5/c1-29(2,3)37-28(35)32-25(26(30)33)17-19-10-14-21(15-11-19)36-20-12-8-18(9-13-20)16-23-22-6-4-5-7-24(22)31-27(23)34/h4-16,25H,17H2,1-3H3,(H2,30,33)(H,31,34)(H,32,35)/b23-16+/t25-/m0/s1. The van der Waals surface area contributed by atoms with Gasteiger partial charge in [-0.05, 0) is 68.3 Å². The molecular weight excluding hydrogens is 470 g/mol. The van der Waals surface area contributed by atoms with Crippen LogP contribution >= 0.6 is 0 Å². The fourth-order valence-electron chi connectivity index (χ4n) is 3.82. The van der Waals surface area contributed by atoms with Gasteiger partial charge in [-0.1, -0.05) is 42.5 Å². The number of ether oxygens (including phenoxy) is 2. The molecule has 37 heavy (non-hydrogen) atoms. The maximum atomic E-state index is 12.3. The van der Waals surface area contributed by atoms with Crippen molar-refractivity contribution in [1.29, 1.82) is 0 Å². The molecule has 190 valence electrons. The monoisotopic (exact) mass is 499 g/mol. The van der Waals surface area contributed by atoms with E-state index in [0.717, 1.165) is 22.4 Å². The Labute approximate surface area is 215 Å². The molecule has 4 N–H and O–H groups in total. The highest BCUT2D eigenvalue weighted by molar-refractivity contribution is 6.34. The average Bonchev–Trinajstić information content (AvgIpc) is 3.14. The highest BCUT2D eigenvalue weighted by Crippen LogP contribution is 2.33. The lowest BCUT2D eigenvalue weighted by Gasteiger charge is -2.22. The fourth-order valence-corrected chi connectivity index (χ4v) is 3.82. The van der Waals surface area contributed by atoms with Gasteiger partial charge in [0, 0.05) is 23.2 Å². The van der Waals surface area contributed by atoms with E-state index >= 15 is 0 Å². The van der Waals surface area contributed by atoms with Crippen molar-refractivity contribution < 1.29 is 23.9 Å². The molecule has 0 aliphatic carbocycles. The first-order valence-electron chi connectivity index (χ1n) is 11.9. The lowest BCUT2D eigenvalue weighted by atomic mass is 10.0. The van der Waals surface area contributed by atoms with Crippen molar-refractivity contribution in [3.05, 3.63) is 89.5 Å². The van der Waals surface area contributed by atoms with Crippen LogP contribution in [-0.4, -0.2) is 29.6 Å². The molecule has 3 aromatic carbocycles. The molecule has 4 rings (SSSR count). The molecular formula is C29H29N3O5. The minimum Gasteiger partial charge on any atom is -0.457 e. The van der Waals surface area contributed by atoms with Crippen LogP contribution in [0.25, 0.3) is 11.6 Å². The normalized spacial score (nSPS) is 14.5. The summed E-state index contributed by atoms with van der Waals surface area (Å²) in [7, 11) is 0. The van der Waals surface area contributed by atoms with E-state index in [1.54, 1.807) is 45.0 Å². The van der Waals surface area contributed by atoms with E-state index in [1.807, 2.05) is 54.6 Å². The van der Waals surface area contributed by atoms with E-state index in [-0.39, 0.29) is 12.3 Å². The number of fused-ring (bicyclic) bond motifs is 1. The Hall–Kier alpha value is -4.59. The van der Waals surface area contributed by atoms with Crippen molar-refractivity contribution in [3.8, 4) is 11.5 Å². The number of alkyl carbamates (subject to hydrolysis) is 1. The highest BCUT2D eigenvalue weighted by atomic mass is 16.6. The Bertz CT molecular complexity index is 1340. The van der Waals surface area contributed by atoms with Crippen molar-refractivity contribution in [2.45, 2.75) is 38.8 Å². The molecule has 0 radical (unpaired) electrons. The minimum absolute atomic E-state index is 0.124. The fraction of sp³-hybridized carbons (Fsp3) is 0.207. The van der Waals surface area contributed by atoms with Crippen molar-refractivity contribution in [3.63, 3.8) is 0 Å². The Balaban J connectivity index is 1.38. The summed E-state index contributed by atoms with van der Waals surface area (Å²) < 4.78 is 11.1. The lowest BCUT2D eigenvalue weighted by Crippen LogP contribution is -2.47. The number of primary amides is 1. The number of anilines is 1. The van der Waals surface area contributed by atoms with Crippen LogP contribution in [0, 0.1) is 0 Å². The zero-order chi connectivity index (χ0) is 26.6. The second kappa shape index (κ2) is 10.6. The number of para-hydroxylation sites is 1. The van der Waals surface area contributed by atoms with Gasteiger partial charge < -0.3 is 25.8 Å². The van der Waals surface area contributed by atoms with E-state index in [9.17, 15) is 14.4 Å². The third kappa shape index (κ3) is 6.76. The molecule has 1 atom stereocenters. The summed E-state index contributed by atoms with van der Waals surface area (Å²) in [5.74, 6) is 0.462. The van der Waals surface area contributed by atoms with Crippen molar-refractivity contribution in [1.82, 2.24) is 5.32 Å². The summed E-state index contributed by atoms with van der Waals surface area (Å²) >= 11 is 0. The number of rotatable bonds is 7. The van der Waals surface area contributed by atoms with Crippen molar-refractivity contribution >= 4 is 35.2 Å². The molecule has 0 spiro atoms. The molecule has 0 aromatic heterocycles. The summed E-state index contributed by atoms with van der Waals surface area (Å²) in [6.45, 7) is 5.22. The summed E-state index contributed by atoms with van der Waals surface area (Å²) in [6, 6.07) is 21.2. The van der Waals surface area contributed by atoms with Crippen LogP contribution in [-0.2, 0) is 20.7 Å². The molecule has 3 amide bonds. The van der Waals surface area contributed by atoms with E-state index in [1.165, 1.54) is 0 Å². The maximum absolute atomic E-state index is 12.3. The first kappa shape index (κ1) is 25.5. The van der Waals surface area contributed by atoms with Gasteiger partial charge >= 0.3 is 6.09 Å². The lowest BCUT2D eigenvalue weighted by molar-refractivity contribution is -0.120. The number of hydrogen-bond donors (Lipinski definition) is 3. The highest BCUT2D eigenvalue weighted by Gasteiger charge is 2.24. The largest absolute Gasteiger partial charge is 0.457 e. The molecule has 1 aliphatic rings. The second-order valence-electron chi connectivity index (χ2n) is 9.68. The summed E-state index contributed by atoms with van der Waals surface area (Å²) in [6.07, 6.45) is 1.36. The maximum Gasteiger partial charge on any atom is 0.408 e. The summed E-state index contributed by atoms with van der Waals surface area (Å²) in [4.78, 5) is 36.2. The van der Waals surface area contributed by atoms with Gasteiger partial charge in [0.1, 0.15) is 23.1 Å². The van der Waals surface area contributed by atoms with Crippen LogP contribution in [0.1, 0.15) is 37.5 Å². The van der Waals surface area contributed by atoms with E-state index in [2.05, 4.69) is 10.6 Å². The number of carbonyl (C=O) groups is 3. The Kier molecular flexibility index (Phi) is 7.29. The van der Waals surface area contributed by atoms with Crippen molar-refractivity contribution in [2.24, 2.45) is 5.73 Å². The molecule has 0 saturated carbocycles. The number of nitrogens with two attached hydrogens (primary N) is 1. The molecule has 0 bridgehead atoms. The zero-order valence-corrected chi connectivity index (χ0v) is 20.9. The van der Waals surface area contributed by atoms with E-state index in [4.69, 9.17) is 15.2 Å². The molecule has 3 aromatic rings. The van der Waals surface area contributed by atoms with Crippen LogP contribution in [0.4, 0.5) is 10.5 Å². The van der Waals surface area contributed by atoms with Crippen LogP contribution in [0.2, 0.25) is 0 Å². The minimum atomic E-state index is -0.905. The molecule has 1 aliphatic heterocycles. The van der Waals surface area contributed by atoms with Crippen molar-refractivity contribution in [2.75, 3.05) is 5.32 Å². The first-order chi connectivity index (χ1) is 17.6. The number of amides is 3. The number of carbonyl (C=O) groups excluding carboxylic acids is 3. The van der Waals surface area contributed by atoms with Gasteiger partial charge in [0.15, 0.2) is 0 Å². The zero-order valence-electron chi connectivity index (χ0n) is 20.9. The Morgan fingerprint density at radius 3 is 2.22 bits per heavy atom. The average molecular weight is 500 g/mol. The van der Waals surface area contributed by atoms with Gasteiger partial charge in [0.2, 0.25) is 5.91 Å². The van der Waals surface area contributed by atoms with Gasteiger partial charge in [-0.15, -0.1) is 0 Å². The van der Waals surface area contributed by atoms with Crippen LogP contribution < -0.4 is 21.1 Å². The van der Waals surface area contributed by atoms with Gasteiger partial charge in [-0.3, -0.25) is 9.59 Å². The van der Waals surface area contributed by atoms with E-state index < -0.39 is 23.6 Å². The van der Waals surface area contributed by atoms with Gasteiger partial charge in [-0.2, -0.15) is 0 Å². The molecule has 1 heterocycles. The van der Waals surface area contributed by atoms with E-state index in [0.29, 0.717) is 17.1 Å².